The Morgan fingerprint density at radius 1 is 1.48 bits per heavy atom. The highest BCUT2D eigenvalue weighted by Crippen LogP contribution is 2.37. The van der Waals surface area contributed by atoms with E-state index >= 15 is 0 Å². The molecule has 5 nitrogen and oxygen atoms in total. The van der Waals surface area contributed by atoms with Crippen molar-refractivity contribution >= 4 is 17.0 Å². The molecule has 1 heterocycles. The summed E-state index contributed by atoms with van der Waals surface area (Å²) in [6.07, 6.45) is 4.26. The summed E-state index contributed by atoms with van der Waals surface area (Å²) in [6, 6.07) is 5.62. The zero-order valence-electron chi connectivity index (χ0n) is 12.4. The molecule has 1 N–H and O–H groups in total. The number of imidazole rings is 1. The molecule has 1 aromatic carbocycles. The van der Waals surface area contributed by atoms with Crippen LogP contribution in [0.4, 0.5) is 0 Å². The molecule has 0 saturated heterocycles. The summed E-state index contributed by atoms with van der Waals surface area (Å²) in [5.74, 6) is 0.140. The first-order chi connectivity index (χ1) is 10.1. The minimum atomic E-state index is -0.911. The second kappa shape index (κ2) is 5.48. The van der Waals surface area contributed by atoms with E-state index in [9.17, 15) is 4.79 Å². The van der Waals surface area contributed by atoms with Gasteiger partial charge in [0.05, 0.1) is 22.7 Å². The Labute approximate surface area is 123 Å². The molecule has 0 amide bonds. The van der Waals surface area contributed by atoms with E-state index in [-0.39, 0.29) is 0 Å². The van der Waals surface area contributed by atoms with Crippen molar-refractivity contribution in [1.29, 1.82) is 0 Å². The third-order valence-electron chi connectivity index (χ3n) is 4.25. The molecule has 0 radical (unpaired) electrons. The molecule has 1 aromatic heterocycles. The molecule has 1 saturated carbocycles. The first-order valence-corrected chi connectivity index (χ1v) is 7.41. The number of methoxy groups -OCH3 is 1. The highest BCUT2D eigenvalue weighted by Gasteiger charge is 2.32. The lowest BCUT2D eigenvalue weighted by Gasteiger charge is -2.36. The molecule has 1 aliphatic rings. The van der Waals surface area contributed by atoms with Crippen LogP contribution in [0.2, 0.25) is 0 Å². The van der Waals surface area contributed by atoms with Crippen molar-refractivity contribution in [3.63, 3.8) is 0 Å². The quantitative estimate of drug-likeness (QED) is 0.918. The van der Waals surface area contributed by atoms with Gasteiger partial charge < -0.3 is 14.4 Å². The fraction of sp³-hybridized carbons (Fsp3) is 0.500. The predicted octanol–water partition coefficient (Wildman–Crippen LogP) is 3.04. The maximum absolute atomic E-state index is 11.1. The lowest BCUT2D eigenvalue weighted by Crippen LogP contribution is -2.33. The maximum Gasteiger partial charge on any atom is 0.335 e. The van der Waals surface area contributed by atoms with Crippen molar-refractivity contribution in [2.45, 2.75) is 44.8 Å². The van der Waals surface area contributed by atoms with E-state index in [4.69, 9.17) is 9.84 Å². The highest BCUT2D eigenvalue weighted by atomic mass is 16.5. The molecular formula is C16H20N2O3. The minimum absolute atomic E-state index is 0.290. The largest absolute Gasteiger partial charge is 0.478 e. The number of nitrogens with zero attached hydrogens (tertiary/aromatic N) is 2. The van der Waals surface area contributed by atoms with Crippen LogP contribution in [0.5, 0.6) is 0 Å². The van der Waals surface area contributed by atoms with Gasteiger partial charge in [-0.1, -0.05) is 6.92 Å². The Kier molecular flexibility index (Phi) is 3.68. The van der Waals surface area contributed by atoms with E-state index in [2.05, 4.69) is 16.5 Å². The first-order valence-electron chi connectivity index (χ1n) is 7.41. The fourth-order valence-electron chi connectivity index (χ4n) is 3.03. The van der Waals surface area contributed by atoms with Crippen LogP contribution in [0.1, 0.15) is 48.4 Å². The Hall–Kier alpha value is -1.88. The molecule has 2 aromatic rings. The molecule has 0 bridgehead atoms. The molecule has 112 valence electrons. The lowest BCUT2D eigenvalue weighted by molar-refractivity contribution is 0.00658. The summed E-state index contributed by atoms with van der Waals surface area (Å²) in [5, 5.41) is 9.11. The number of hydrogen-bond donors (Lipinski definition) is 1. The zero-order valence-corrected chi connectivity index (χ0v) is 12.4. The average molecular weight is 288 g/mol. The molecule has 0 spiro atoms. The number of ether oxygens (including phenoxy) is 1. The molecule has 0 atom stereocenters. The Bertz CT molecular complexity index is 671. The van der Waals surface area contributed by atoms with Crippen LogP contribution < -0.4 is 0 Å². The normalized spacial score (nSPS) is 21.4. The molecule has 3 rings (SSSR count). The summed E-state index contributed by atoms with van der Waals surface area (Å²) in [4.78, 5) is 15.8. The number of benzene rings is 1. The van der Waals surface area contributed by atoms with Crippen LogP contribution in [-0.4, -0.2) is 33.8 Å². The average Bonchev–Trinajstić information content (AvgIpc) is 2.76. The van der Waals surface area contributed by atoms with Gasteiger partial charge >= 0.3 is 5.97 Å². The van der Waals surface area contributed by atoms with Gasteiger partial charge in [-0.25, -0.2) is 9.78 Å². The van der Waals surface area contributed by atoms with Crippen LogP contribution in [0.3, 0.4) is 0 Å². The molecule has 21 heavy (non-hydrogen) atoms. The van der Waals surface area contributed by atoms with Crippen LogP contribution >= 0.6 is 0 Å². The summed E-state index contributed by atoms with van der Waals surface area (Å²) >= 11 is 0. The highest BCUT2D eigenvalue weighted by molar-refractivity contribution is 5.92. The number of aromatic nitrogens is 2. The monoisotopic (exact) mass is 288 g/mol. The van der Waals surface area contributed by atoms with Gasteiger partial charge in [-0.2, -0.15) is 0 Å². The molecule has 0 unspecified atom stereocenters. The van der Waals surface area contributed by atoms with Crippen LogP contribution in [0, 0.1) is 0 Å². The van der Waals surface area contributed by atoms with E-state index in [1.54, 1.807) is 19.2 Å². The fourth-order valence-corrected chi connectivity index (χ4v) is 3.03. The maximum atomic E-state index is 11.1. The van der Waals surface area contributed by atoms with Gasteiger partial charge in [0.2, 0.25) is 0 Å². The van der Waals surface area contributed by atoms with Crippen molar-refractivity contribution in [1.82, 2.24) is 9.55 Å². The van der Waals surface area contributed by atoms with E-state index in [0.717, 1.165) is 42.5 Å². The SMILES string of the molecule is CCCc1nc2cc(C(=O)O)ccc2n1C1CC(OC)C1. The smallest absolute Gasteiger partial charge is 0.335 e. The topological polar surface area (TPSA) is 64.3 Å². The van der Waals surface area contributed by atoms with Crippen LogP contribution in [0.15, 0.2) is 18.2 Å². The summed E-state index contributed by atoms with van der Waals surface area (Å²) in [6.45, 7) is 2.13. The van der Waals surface area contributed by atoms with Crippen molar-refractivity contribution in [3.05, 3.63) is 29.6 Å². The van der Waals surface area contributed by atoms with Crippen molar-refractivity contribution < 1.29 is 14.6 Å². The number of hydrogen-bond acceptors (Lipinski definition) is 3. The van der Waals surface area contributed by atoms with E-state index in [1.165, 1.54) is 0 Å². The third kappa shape index (κ3) is 2.42. The molecule has 1 fully saturated rings. The van der Waals surface area contributed by atoms with E-state index in [1.807, 2.05) is 6.07 Å². The number of fused-ring (bicyclic) bond motifs is 1. The van der Waals surface area contributed by atoms with Gasteiger partial charge in [-0.3, -0.25) is 0 Å². The number of rotatable bonds is 5. The van der Waals surface area contributed by atoms with Gasteiger partial charge in [0.25, 0.3) is 0 Å². The summed E-state index contributed by atoms with van der Waals surface area (Å²) in [5.41, 5.74) is 2.10. The van der Waals surface area contributed by atoms with E-state index < -0.39 is 5.97 Å². The zero-order chi connectivity index (χ0) is 15.0. The summed E-state index contributed by atoms with van der Waals surface area (Å²) < 4.78 is 7.64. The number of carboxylic acid groups (broad SMARTS) is 1. The number of carboxylic acids is 1. The lowest BCUT2D eigenvalue weighted by atomic mass is 9.88. The molecular weight excluding hydrogens is 268 g/mol. The van der Waals surface area contributed by atoms with Crippen LogP contribution in [-0.2, 0) is 11.2 Å². The Balaban J connectivity index is 2.03. The molecule has 0 aliphatic heterocycles. The van der Waals surface area contributed by atoms with Crippen LogP contribution in [0.25, 0.3) is 11.0 Å². The van der Waals surface area contributed by atoms with Gasteiger partial charge in [0.15, 0.2) is 0 Å². The molecule has 1 aliphatic carbocycles. The van der Waals surface area contributed by atoms with Crippen molar-refractivity contribution in [3.8, 4) is 0 Å². The van der Waals surface area contributed by atoms with Crippen molar-refractivity contribution in [2.75, 3.05) is 7.11 Å². The predicted molar refractivity (Wildman–Crippen MR) is 79.8 cm³/mol. The van der Waals surface area contributed by atoms with Gasteiger partial charge in [-0.05, 0) is 37.5 Å². The van der Waals surface area contributed by atoms with Gasteiger partial charge in [0, 0.05) is 19.6 Å². The van der Waals surface area contributed by atoms with Gasteiger partial charge in [0.1, 0.15) is 5.82 Å². The second-order valence-electron chi connectivity index (χ2n) is 5.64. The van der Waals surface area contributed by atoms with Gasteiger partial charge in [-0.15, -0.1) is 0 Å². The van der Waals surface area contributed by atoms with Crippen molar-refractivity contribution in [2.24, 2.45) is 0 Å². The standard InChI is InChI=1S/C16H20N2O3/c1-3-4-15-17-13-7-10(16(19)20)5-6-14(13)18(15)11-8-12(9-11)21-2/h5-7,11-12H,3-4,8-9H2,1-2H3,(H,19,20). The first kappa shape index (κ1) is 14.1. The molecule has 5 heteroatoms. The van der Waals surface area contributed by atoms with E-state index in [0.29, 0.717) is 17.7 Å². The Morgan fingerprint density at radius 3 is 2.86 bits per heavy atom. The second-order valence-corrected chi connectivity index (χ2v) is 5.64. The summed E-state index contributed by atoms with van der Waals surface area (Å²) in [7, 11) is 1.75. The number of aromatic carboxylic acids is 1. The third-order valence-corrected chi connectivity index (χ3v) is 4.25. The number of carbonyl (C=O) groups is 1. The Morgan fingerprint density at radius 2 is 2.24 bits per heavy atom. The minimum Gasteiger partial charge on any atom is -0.478 e. The number of aryl methyl sites for hydroxylation is 1.